The predicted molar refractivity (Wildman–Crippen MR) is 93.9 cm³/mol. The fraction of sp³-hybridized carbons (Fsp3) is 0.211. The summed E-state index contributed by atoms with van der Waals surface area (Å²) in [7, 11) is 1.53. The first-order valence-electron chi connectivity index (χ1n) is 7.91. The quantitative estimate of drug-likeness (QED) is 0.870. The maximum Gasteiger partial charge on any atom is 0.255 e. The number of nitrogens with one attached hydrogen (secondary N) is 1. The highest BCUT2D eigenvalue weighted by atomic mass is 16.5. The molecule has 2 aromatic rings. The van der Waals surface area contributed by atoms with E-state index in [2.05, 4.69) is 5.32 Å². The van der Waals surface area contributed by atoms with Gasteiger partial charge in [0.1, 0.15) is 5.75 Å². The molecule has 0 spiro atoms. The predicted octanol–water partition coefficient (Wildman–Crippen LogP) is 2.91. The van der Waals surface area contributed by atoms with Gasteiger partial charge in [0.15, 0.2) is 0 Å². The first kappa shape index (κ1) is 16.7. The Labute approximate surface area is 145 Å². The van der Waals surface area contributed by atoms with E-state index in [0.29, 0.717) is 22.7 Å². The summed E-state index contributed by atoms with van der Waals surface area (Å²) in [6, 6.07) is 11.9. The number of imide groups is 1. The largest absolute Gasteiger partial charge is 0.495 e. The molecule has 1 N–H and O–H groups in total. The summed E-state index contributed by atoms with van der Waals surface area (Å²) in [5.41, 5.74) is 2.31. The molecular formula is C19H18N2O4. The molecule has 1 aliphatic rings. The molecule has 6 nitrogen and oxygen atoms in total. The number of carbonyl (C=O) groups is 3. The summed E-state index contributed by atoms with van der Waals surface area (Å²) in [6.45, 7) is 1.92. The number of hydrogen-bond donors (Lipinski definition) is 1. The van der Waals surface area contributed by atoms with Crippen LogP contribution in [0.1, 0.15) is 28.8 Å². The molecule has 0 atom stereocenters. The monoisotopic (exact) mass is 338 g/mol. The Hall–Kier alpha value is -3.15. The van der Waals surface area contributed by atoms with Gasteiger partial charge >= 0.3 is 0 Å². The van der Waals surface area contributed by atoms with Crippen LogP contribution in [-0.2, 0) is 9.59 Å². The topological polar surface area (TPSA) is 75.7 Å². The van der Waals surface area contributed by atoms with Crippen LogP contribution >= 0.6 is 0 Å². The number of ether oxygens (including phenoxy) is 1. The van der Waals surface area contributed by atoms with Gasteiger partial charge in [0.25, 0.3) is 5.91 Å². The number of nitrogens with zero attached hydrogens (tertiary/aromatic N) is 1. The number of carbonyl (C=O) groups excluding carboxylic acids is 3. The third kappa shape index (κ3) is 3.38. The molecule has 1 saturated heterocycles. The Kier molecular flexibility index (Phi) is 4.52. The van der Waals surface area contributed by atoms with Crippen LogP contribution in [0.25, 0.3) is 0 Å². The van der Waals surface area contributed by atoms with E-state index in [1.165, 1.54) is 7.11 Å². The van der Waals surface area contributed by atoms with E-state index in [4.69, 9.17) is 4.74 Å². The zero-order valence-corrected chi connectivity index (χ0v) is 14.0. The maximum absolute atomic E-state index is 12.6. The Morgan fingerprint density at radius 1 is 1.08 bits per heavy atom. The van der Waals surface area contributed by atoms with E-state index in [9.17, 15) is 14.4 Å². The summed E-state index contributed by atoms with van der Waals surface area (Å²) >= 11 is 0. The molecule has 0 unspecified atom stereocenters. The van der Waals surface area contributed by atoms with E-state index >= 15 is 0 Å². The lowest BCUT2D eigenvalue weighted by Gasteiger charge is -2.15. The summed E-state index contributed by atoms with van der Waals surface area (Å²) in [5, 5.41) is 2.81. The van der Waals surface area contributed by atoms with Crippen LogP contribution < -0.4 is 15.0 Å². The van der Waals surface area contributed by atoms with Crippen LogP contribution in [0, 0.1) is 6.92 Å². The van der Waals surface area contributed by atoms with Crippen molar-refractivity contribution in [1.82, 2.24) is 0 Å². The molecule has 6 heteroatoms. The minimum absolute atomic E-state index is 0.204. The smallest absolute Gasteiger partial charge is 0.255 e. The second-order valence-electron chi connectivity index (χ2n) is 5.83. The molecule has 128 valence electrons. The van der Waals surface area contributed by atoms with Crippen LogP contribution in [-0.4, -0.2) is 24.8 Å². The van der Waals surface area contributed by atoms with Crippen molar-refractivity contribution in [1.29, 1.82) is 0 Å². The van der Waals surface area contributed by atoms with E-state index in [0.717, 1.165) is 10.5 Å². The molecule has 1 heterocycles. The molecule has 1 aliphatic heterocycles. The van der Waals surface area contributed by atoms with Gasteiger partial charge in [-0.1, -0.05) is 12.1 Å². The molecule has 25 heavy (non-hydrogen) atoms. The third-order valence-electron chi connectivity index (χ3n) is 4.02. The highest BCUT2D eigenvalue weighted by Crippen LogP contribution is 2.27. The zero-order chi connectivity index (χ0) is 18.0. The number of rotatable bonds is 4. The van der Waals surface area contributed by atoms with E-state index in [1.807, 2.05) is 19.1 Å². The minimum Gasteiger partial charge on any atom is -0.495 e. The fourth-order valence-electron chi connectivity index (χ4n) is 2.76. The van der Waals surface area contributed by atoms with Gasteiger partial charge in [0.05, 0.1) is 18.5 Å². The van der Waals surface area contributed by atoms with Gasteiger partial charge in [0.2, 0.25) is 11.8 Å². The molecule has 3 rings (SSSR count). The van der Waals surface area contributed by atoms with Gasteiger partial charge in [-0.3, -0.25) is 19.3 Å². The molecule has 0 bridgehead atoms. The summed E-state index contributed by atoms with van der Waals surface area (Å²) in [5.74, 6) is -0.282. The normalized spacial score (nSPS) is 13.9. The van der Waals surface area contributed by atoms with Crippen molar-refractivity contribution in [2.75, 3.05) is 17.3 Å². The lowest BCUT2D eigenvalue weighted by atomic mass is 10.1. The first-order valence-corrected chi connectivity index (χ1v) is 7.91. The first-order chi connectivity index (χ1) is 12.0. The highest BCUT2D eigenvalue weighted by molar-refractivity contribution is 6.20. The molecule has 0 saturated carbocycles. The molecule has 0 radical (unpaired) electrons. The number of anilines is 2. The molecule has 2 aromatic carbocycles. The van der Waals surface area contributed by atoms with Gasteiger partial charge < -0.3 is 10.1 Å². The van der Waals surface area contributed by atoms with Crippen molar-refractivity contribution in [2.24, 2.45) is 0 Å². The zero-order valence-electron chi connectivity index (χ0n) is 14.0. The van der Waals surface area contributed by atoms with Gasteiger partial charge in [-0.25, -0.2) is 0 Å². The Bertz CT molecular complexity index is 844. The van der Waals surface area contributed by atoms with Crippen LogP contribution in [0.15, 0.2) is 42.5 Å². The van der Waals surface area contributed by atoms with Crippen LogP contribution in [0.5, 0.6) is 5.75 Å². The van der Waals surface area contributed by atoms with Gasteiger partial charge in [-0.15, -0.1) is 0 Å². The maximum atomic E-state index is 12.6. The number of hydrogen-bond acceptors (Lipinski definition) is 4. The van der Waals surface area contributed by atoms with Crippen molar-refractivity contribution in [3.05, 3.63) is 53.6 Å². The van der Waals surface area contributed by atoms with Crippen LogP contribution in [0.3, 0.4) is 0 Å². The van der Waals surface area contributed by atoms with Crippen molar-refractivity contribution >= 4 is 29.1 Å². The second-order valence-corrected chi connectivity index (χ2v) is 5.83. The molecule has 0 aromatic heterocycles. The van der Waals surface area contributed by atoms with Gasteiger partial charge in [-0.05, 0) is 42.8 Å². The summed E-state index contributed by atoms with van der Waals surface area (Å²) in [6.07, 6.45) is 0.408. The average Bonchev–Trinajstić information content (AvgIpc) is 2.94. The Morgan fingerprint density at radius 2 is 1.80 bits per heavy atom. The molecular weight excluding hydrogens is 320 g/mol. The number of aryl methyl sites for hydroxylation is 1. The lowest BCUT2D eigenvalue weighted by molar-refractivity contribution is -0.121. The average molecular weight is 338 g/mol. The standard InChI is InChI=1S/C19H18N2O4/c1-12-6-7-16(25-2)15(10-12)20-19(24)13-4-3-5-14(11-13)21-17(22)8-9-18(21)23/h3-7,10-11H,8-9H2,1-2H3,(H,20,24). The molecule has 3 amide bonds. The molecule has 0 aliphatic carbocycles. The summed E-state index contributed by atoms with van der Waals surface area (Å²) in [4.78, 5) is 37.4. The Morgan fingerprint density at radius 3 is 2.48 bits per heavy atom. The van der Waals surface area contributed by atoms with E-state index in [-0.39, 0.29) is 30.6 Å². The third-order valence-corrected chi connectivity index (χ3v) is 4.02. The number of methoxy groups -OCH3 is 1. The number of amides is 3. The lowest BCUT2D eigenvalue weighted by Crippen LogP contribution is -2.28. The van der Waals surface area contributed by atoms with E-state index < -0.39 is 0 Å². The van der Waals surface area contributed by atoms with Crippen LogP contribution in [0.2, 0.25) is 0 Å². The van der Waals surface area contributed by atoms with Crippen molar-refractivity contribution in [3.8, 4) is 5.75 Å². The molecule has 1 fully saturated rings. The Balaban J connectivity index is 1.86. The van der Waals surface area contributed by atoms with Crippen LogP contribution in [0.4, 0.5) is 11.4 Å². The van der Waals surface area contributed by atoms with Crippen molar-refractivity contribution < 1.29 is 19.1 Å². The van der Waals surface area contributed by atoms with E-state index in [1.54, 1.807) is 30.3 Å². The van der Waals surface area contributed by atoms with Gasteiger partial charge in [-0.2, -0.15) is 0 Å². The highest BCUT2D eigenvalue weighted by Gasteiger charge is 2.30. The second kappa shape index (κ2) is 6.76. The number of benzene rings is 2. The minimum atomic E-state index is -0.343. The SMILES string of the molecule is COc1ccc(C)cc1NC(=O)c1cccc(N2C(=O)CCC2=O)c1. The summed E-state index contributed by atoms with van der Waals surface area (Å²) < 4.78 is 5.26. The fourth-order valence-corrected chi connectivity index (χ4v) is 2.76. The van der Waals surface area contributed by atoms with Crippen molar-refractivity contribution in [2.45, 2.75) is 19.8 Å². The van der Waals surface area contributed by atoms with Crippen molar-refractivity contribution in [3.63, 3.8) is 0 Å². The van der Waals surface area contributed by atoms with Gasteiger partial charge in [0, 0.05) is 18.4 Å².